The number of halogens is 1. The Morgan fingerprint density at radius 1 is 0.933 bits per heavy atom. The van der Waals surface area contributed by atoms with Crippen molar-refractivity contribution < 1.29 is 4.39 Å². The van der Waals surface area contributed by atoms with Gasteiger partial charge in [-0.1, -0.05) is 36.4 Å². The van der Waals surface area contributed by atoms with E-state index in [0.717, 1.165) is 17.5 Å². The molecule has 1 heteroatoms. The molecule has 0 saturated heterocycles. The van der Waals surface area contributed by atoms with Crippen LogP contribution in [-0.2, 0) is 6.42 Å². The first kappa shape index (κ1) is 9.91. The summed E-state index contributed by atoms with van der Waals surface area (Å²) in [4.78, 5) is 0. The van der Waals surface area contributed by atoms with Crippen molar-refractivity contribution in [2.45, 2.75) is 6.42 Å². The van der Waals surface area contributed by atoms with Gasteiger partial charge in [-0.05, 0) is 42.2 Å². The monoisotopic (exact) mass is 199 g/mol. The molecular formula is C14H12F. The summed E-state index contributed by atoms with van der Waals surface area (Å²) < 4.78 is 12.8. The molecule has 0 heterocycles. The molecule has 75 valence electrons. The Labute approximate surface area is 89.4 Å². The number of hydrogen-bond acceptors (Lipinski definition) is 0. The van der Waals surface area contributed by atoms with E-state index in [1.807, 2.05) is 24.3 Å². The SMILES string of the molecule is [CH2]Cc1ccccc1-c1ccc(F)cc1. The van der Waals surface area contributed by atoms with Crippen LogP contribution in [0, 0.1) is 12.7 Å². The molecule has 0 aromatic heterocycles. The molecule has 0 nitrogen and oxygen atoms in total. The maximum atomic E-state index is 12.8. The summed E-state index contributed by atoms with van der Waals surface area (Å²) in [5.74, 6) is -0.203. The van der Waals surface area contributed by atoms with Crippen LogP contribution < -0.4 is 0 Å². The maximum absolute atomic E-state index is 12.8. The molecule has 0 atom stereocenters. The first-order chi connectivity index (χ1) is 7.31. The van der Waals surface area contributed by atoms with Crippen LogP contribution in [0.2, 0.25) is 0 Å². The van der Waals surface area contributed by atoms with Gasteiger partial charge in [-0.3, -0.25) is 0 Å². The van der Waals surface area contributed by atoms with E-state index in [1.54, 1.807) is 12.1 Å². The van der Waals surface area contributed by atoms with Gasteiger partial charge in [0.15, 0.2) is 0 Å². The lowest BCUT2D eigenvalue weighted by atomic mass is 9.98. The molecule has 1 radical (unpaired) electrons. The third-order valence-corrected chi connectivity index (χ3v) is 2.44. The van der Waals surface area contributed by atoms with E-state index in [4.69, 9.17) is 0 Å². The van der Waals surface area contributed by atoms with Gasteiger partial charge in [-0.25, -0.2) is 4.39 Å². The Kier molecular flexibility index (Phi) is 2.82. The van der Waals surface area contributed by atoms with Crippen LogP contribution in [0.15, 0.2) is 48.5 Å². The highest BCUT2D eigenvalue weighted by molar-refractivity contribution is 5.67. The zero-order valence-electron chi connectivity index (χ0n) is 8.41. The van der Waals surface area contributed by atoms with Crippen LogP contribution in [-0.4, -0.2) is 0 Å². The van der Waals surface area contributed by atoms with Crippen molar-refractivity contribution in [1.29, 1.82) is 0 Å². The zero-order valence-corrected chi connectivity index (χ0v) is 8.41. The van der Waals surface area contributed by atoms with Crippen molar-refractivity contribution in [3.8, 4) is 11.1 Å². The molecule has 0 aliphatic rings. The van der Waals surface area contributed by atoms with Crippen molar-refractivity contribution in [2.75, 3.05) is 0 Å². The van der Waals surface area contributed by atoms with E-state index in [1.165, 1.54) is 17.7 Å². The molecule has 15 heavy (non-hydrogen) atoms. The summed E-state index contributed by atoms with van der Waals surface area (Å²) in [6, 6.07) is 14.6. The Balaban J connectivity index is 2.49. The van der Waals surface area contributed by atoms with Gasteiger partial charge in [-0.2, -0.15) is 0 Å². The maximum Gasteiger partial charge on any atom is 0.123 e. The number of rotatable bonds is 2. The topological polar surface area (TPSA) is 0 Å². The molecule has 2 aromatic carbocycles. The highest BCUT2D eigenvalue weighted by atomic mass is 19.1. The molecule has 0 fully saturated rings. The second-order valence-electron chi connectivity index (χ2n) is 3.41. The van der Waals surface area contributed by atoms with Crippen LogP contribution in [0.3, 0.4) is 0 Å². The highest BCUT2D eigenvalue weighted by Gasteiger charge is 2.02. The van der Waals surface area contributed by atoms with Crippen LogP contribution in [0.4, 0.5) is 4.39 Å². The third kappa shape index (κ3) is 2.07. The van der Waals surface area contributed by atoms with Crippen molar-refractivity contribution in [1.82, 2.24) is 0 Å². The molecule has 0 unspecified atom stereocenters. The fourth-order valence-electron chi connectivity index (χ4n) is 1.65. The van der Waals surface area contributed by atoms with Crippen LogP contribution >= 0.6 is 0 Å². The van der Waals surface area contributed by atoms with E-state index in [-0.39, 0.29) is 5.82 Å². The van der Waals surface area contributed by atoms with Gasteiger partial charge in [-0.15, -0.1) is 0 Å². The van der Waals surface area contributed by atoms with Crippen molar-refractivity contribution in [3.05, 3.63) is 66.8 Å². The van der Waals surface area contributed by atoms with E-state index in [0.29, 0.717) is 0 Å². The first-order valence-electron chi connectivity index (χ1n) is 4.94. The average molecular weight is 199 g/mol. The lowest BCUT2D eigenvalue weighted by molar-refractivity contribution is 0.628. The van der Waals surface area contributed by atoms with Crippen molar-refractivity contribution in [2.24, 2.45) is 0 Å². The van der Waals surface area contributed by atoms with Gasteiger partial charge < -0.3 is 0 Å². The van der Waals surface area contributed by atoms with Crippen molar-refractivity contribution in [3.63, 3.8) is 0 Å². The fraction of sp³-hybridized carbons (Fsp3) is 0.0714. The van der Waals surface area contributed by atoms with Crippen molar-refractivity contribution >= 4 is 0 Å². The van der Waals surface area contributed by atoms with Crippen LogP contribution in [0.1, 0.15) is 5.56 Å². The molecule has 0 spiro atoms. The third-order valence-electron chi connectivity index (χ3n) is 2.44. The lowest BCUT2D eigenvalue weighted by Crippen LogP contribution is -1.87. The Hall–Kier alpha value is -1.63. The molecular weight excluding hydrogens is 187 g/mol. The normalized spacial score (nSPS) is 10.3. The molecule has 2 aromatic rings. The van der Waals surface area contributed by atoms with Gasteiger partial charge >= 0.3 is 0 Å². The van der Waals surface area contributed by atoms with Gasteiger partial charge in [0.1, 0.15) is 5.82 Å². The first-order valence-corrected chi connectivity index (χ1v) is 4.94. The minimum Gasteiger partial charge on any atom is -0.207 e. The van der Waals surface area contributed by atoms with E-state index in [2.05, 4.69) is 6.92 Å². The summed E-state index contributed by atoms with van der Waals surface area (Å²) >= 11 is 0. The molecule has 0 bridgehead atoms. The molecule has 0 aliphatic heterocycles. The quantitative estimate of drug-likeness (QED) is 0.688. The minimum atomic E-state index is -0.203. The van der Waals surface area contributed by atoms with Crippen LogP contribution in [0.5, 0.6) is 0 Å². The fourth-order valence-corrected chi connectivity index (χ4v) is 1.65. The standard InChI is InChI=1S/C14H12F/c1-2-11-5-3-4-6-14(11)12-7-9-13(15)10-8-12/h3-10H,1-2H2. The van der Waals surface area contributed by atoms with E-state index in [9.17, 15) is 4.39 Å². The molecule has 0 amide bonds. The predicted octanol–water partition coefficient (Wildman–Crippen LogP) is 3.87. The summed E-state index contributed by atoms with van der Waals surface area (Å²) in [5.41, 5.74) is 3.35. The number of benzene rings is 2. The molecule has 0 N–H and O–H groups in total. The summed E-state index contributed by atoms with van der Waals surface area (Å²) in [5, 5.41) is 0. The van der Waals surface area contributed by atoms with E-state index < -0.39 is 0 Å². The Morgan fingerprint density at radius 2 is 1.60 bits per heavy atom. The summed E-state index contributed by atoms with van der Waals surface area (Å²) in [7, 11) is 0. The van der Waals surface area contributed by atoms with Gasteiger partial charge in [0.05, 0.1) is 0 Å². The van der Waals surface area contributed by atoms with Crippen LogP contribution in [0.25, 0.3) is 11.1 Å². The molecule has 0 aliphatic carbocycles. The zero-order chi connectivity index (χ0) is 10.7. The smallest absolute Gasteiger partial charge is 0.123 e. The summed E-state index contributed by atoms with van der Waals surface area (Å²) in [6.07, 6.45) is 0.744. The van der Waals surface area contributed by atoms with Gasteiger partial charge in [0, 0.05) is 0 Å². The predicted molar refractivity (Wildman–Crippen MR) is 60.9 cm³/mol. The van der Waals surface area contributed by atoms with E-state index >= 15 is 0 Å². The largest absolute Gasteiger partial charge is 0.207 e. The molecule has 2 rings (SSSR count). The summed E-state index contributed by atoms with van der Waals surface area (Å²) in [6.45, 7) is 3.89. The second-order valence-corrected chi connectivity index (χ2v) is 3.41. The highest BCUT2D eigenvalue weighted by Crippen LogP contribution is 2.23. The minimum absolute atomic E-state index is 0.203. The lowest BCUT2D eigenvalue weighted by Gasteiger charge is -2.07. The van der Waals surface area contributed by atoms with Gasteiger partial charge in [0.25, 0.3) is 0 Å². The number of hydrogen-bond donors (Lipinski definition) is 0. The Bertz CT molecular complexity index is 443. The molecule has 0 saturated carbocycles. The second kappa shape index (κ2) is 4.26. The van der Waals surface area contributed by atoms with Gasteiger partial charge in [0.2, 0.25) is 0 Å². The Morgan fingerprint density at radius 3 is 2.27 bits per heavy atom. The average Bonchev–Trinajstić information content (AvgIpc) is 2.30.